The highest BCUT2D eigenvalue weighted by Gasteiger charge is 2.35. The summed E-state index contributed by atoms with van der Waals surface area (Å²) in [7, 11) is 0. The predicted octanol–water partition coefficient (Wildman–Crippen LogP) is 2.81. The van der Waals surface area contributed by atoms with Gasteiger partial charge in [0.05, 0.1) is 0 Å². The van der Waals surface area contributed by atoms with Crippen LogP contribution in [-0.2, 0) is 0 Å². The van der Waals surface area contributed by atoms with Crippen molar-refractivity contribution in [3.63, 3.8) is 0 Å². The maximum atomic E-state index is 3.76. The summed E-state index contributed by atoms with van der Waals surface area (Å²) >= 11 is 0. The Labute approximate surface area is 82.3 Å². The Kier molecular flexibility index (Phi) is 2.64. The van der Waals surface area contributed by atoms with Crippen molar-refractivity contribution in [2.45, 2.75) is 58.5 Å². The van der Waals surface area contributed by atoms with E-state index in [2.05, 4.69) is 26.1 Å². The van der Waals surface area contributed by atoms with Gasteiger partial charge in [0.15, 0.2) is 0 Å². The largest absolute Gasteiger partial charge is 0.311 e. The summed E-state index contributed by atoms with van der Waals surface area (Å²) in [5, 5.41) is 3.76. The van der Waals surface area contributed by atoms with Crippen LogP contribution in [0.3, 0.4) is 0 Å². The molecule has 13 heavy (non-hydrogen) atoms. The van der Waals surface area contributed by atoms with Crippen LogP contribution in [0, 0.1) is 17.8 Å². The van der Waals surface area contributed by atoms with Crippen molar-refractivity contribution in [1.82, 2.24) is 5.32 Å². The highest BCUT2D eigenvalue weighted by atomic mass is 15.0. The monoisotopic (exact) mass is 181 g/mol. The maximum absolute atomic E-state index is 3.76. The standard InChI is InChI=1S/C12H23N/c1-8(2)11-6-12(7-11)13-9(3)10-4-5-10/h8-13H,4-7H2,1-3H3. The summed E-state index contributed by atoms with van der Waals surface area (Å²) < 4.78 is 0. The molecule has 0 radical (unpaired) electrons. The highest BCUT2D eigenvalue weighted by Crippen LogP contribution is 2.37. The molecule has 1 nitrogen and oxygen atoms in total. The fourth-order valence-electron chi connectivity index (χ4n) is 2.45. The van der Waals surface area contributed by atoms with Crippen LogP contribution in [0.1, 0.15) is 46.5 Å². The fraction of sp³-hybridized carbons (Fsp3) is 1.00. The molecule has 2 fully saturated rings. The van der Waals surface area contributed by atoms with Gasteiger partial charge in [-0.1, -0.05) is 13.8 Å². The van der Waals surface area contributed by atoms with E-state index in [4.69, 9.17) is 0 Å². The minimum atomic E-state index is 0.790. The maximum Gasteiger partial charge on any atom is 0.00751 e. The lowest BCUT2D eigenvalue weighted by Crippen LogP contribution is -2.47. The first kappa shape index (κ1) is 9.51. The number of hydrogen-bond donors (Lipinski definition) is 1. The van der Waals surface area contributed by atoms with Crippen molar-refractivity contribution < 1.29 is 0 Å². The van der Waals surface area contributed by atoms with Crippen LogP contribution >= 0.6 is 0 Å². The molecule has 0 aliphatic heterocycles. The Hall–Kier alpha value is -0.0400. The second-order valence-electron chi connectivity index (χ2n) is 5.47. The van der Waals surface area contributed by atoms with Gasteiger partial charge < -0.3 is 5.32 Å². The third-order valence-electron chi connectivity index (χ3n) is 3.95. The molecule has 2 aliphatic rings. The average molecular weight is 181 g/mol. The first-order valence-corrected chi connectivity index (χ1v) is 5.93. The van der Waals surface area contributed by atoms with Crippen LogP contribution in [0.5, 0.6) is 0 Å². The van der Waals surface area contributed by atoms with Gasteiger partial charge in [0, 0.05) is 12.1 Å². The van der Waals surface area contributed by atoms with E-state index < -0.39 is 0 Å². The van der Waals surface area contributed by atoms with Gasteiger partial charge in [-0.3, -0.25) is 0 Å². The lowest BCUT2D eigenvalue weighted by molar-refractivity contribution is 0.156. The van der Waals surface area contributed by atoms with E-state index in [0.717, 1.165) is 29.8 Å². The van der Waals surface area contributed by atoms with Gasteiger partial charge in [-0.15, -0.1) is 0 Å². The van der Waals surface area contributed by atoms with Gasteiger partial charge in [0.1, 0.15) is 0 Å². The van der Waals surface area contributed by atoms with E-state index in [1.165, 1.54) is 25.7 Å². The Morgan fingerprint density at radius 2 is 1.62 bits per heavy atom. The lowest BCUT2D eigenvalue weighted by Gasteiger charge is -2.40. The zero-order chi connectivity index (χ0) is 9.42. The minimum absolute atomic E-state index is 0.790. The topological polar surface area (TPSA) is 12.0 Å². The predicted molar refractivity (Wildman–Crippen MR) is 56.7 cm³/mol. The quantitative estimate of drug-likeness (QED) is 0.703. The van der Waals surface area contributed by atoms with Crippen LogP contribution in [0.15, 0.2) is 0 Å². The van der Waals surface area contributed by atoms with Crippen molar-refractivity contribution in [1.29, 1.82) is 0 Å². The average Bonchev–Trinajstić information content (AvgIpc) is 2.75. The normalized spacial score (nSPS) is 36.0. The summed E-state index contributed by atoms with van der Waals surface area (Å²) in [6.45, 7) is 7.07. The van der Waals surface area contributed by atoms with E-state index in [1.807, 2.05) is 0 Å². The van der Waals surface area contributed by atoms with Gasteiger partial charge in [-0.05, 0) is 50.4 Å². The SMILES string of the molecule is CC(C)C1CC(NC(C)C2CC2)C1. The molecular formula is C12H23N. The summed E-state index contributed by atoms with van der Waals surface area (Å²) in [6, 6.07) is 1.64. The Bertz CT molecular complexity index is 166. The van der Waals surface area contributed by atoms with Crippen molar-refractivity contribution in [3.05, 3.63) is 0 Å². The van der Waals surface area contributed by atoms with Crippen molar-refractivity contribution >= 4 is 0 Å². The van der Waals surface area contributed by atoms with Gasteiger partial charge in [0.2, 0.25) is 0 Å². The molecule has 2 saturated carbocycles. The van der Waals surface area contributed by atoms with Crippen molar-refractivity contribution in [2.75, 3.05) is 0 Å². The van der Waals surface area contributed by atoms with E-state index in [9.17, 15) is 0 Å². The lowest BCUT2D eigenvalue weighted by atomic mass is 9.73. The number of rotatable bonds is 4. The molecule has 1 N–H and O–H groups in total. The zero-order valence-electron chi connectivity index (χ0n) is 9.22. The molecule has 0 heterocycles. The zero-order valence-corrected chi connectivity index (χ0v) is 9.22. The number of hydrogen-bond acceptors (Lipinski definition) is 1. The van der Waals surface area contributed by atoms with E-state index >= 15 is 0 Å². The molecule has 76 valence electrons. The molecule has 2 rings (SSSR count). The van der Waals surface area contributed by atoms with Crippen LogP contribution in [-0.4, -0.2) is 12.1 Å². The first-order valence-electron chi connectivity index (χ1n) is 5.93. The molecule has 0 aromatic heterocycles. The van der Waals surface area contributed by atoms with Crippen LogP contribution < -0.4 is 5.32 Å². The second kappa shape index (κ2) is 3.61. The first-order chi connectivity index (χ1) is 6.16. The second-order valence-corrected chi connectivity index (χ2v) is 5.47. The molecule has 0 aromatic carbocycles. The molecule has 1 heteroatoms. The highest BCUT2D eigenvalue weighted by molar-refractivity contribution is 4.91. The smallest absolute Gasteiger partial charge is 0.00751 e. The Morgan fingerprint density at radius 3 is 2.08 bits per heavy atom. The van der Waals surface area contributed by atoms with Crippen molar-refractivity contribution in [2.24, 2.45) is 17.8 Å². The molecule has 2 aliphatic carbocycles. The molecular weight excluding hydrogens is 158 g/mol. The van der Waals surface area contributed by atoms with E-state index in [1.54, 1.807) is 0 Å². The van der Waals surface area contributed by atoms with E-state index in [-0.39, 0.29) is 0 Å². The third-order valence-corrected chi connectivity index (χ3v) is 3.95. The van der Waals surface area contributed by atoms with Crippen LogP contribution in [0.4, 0.5) is 0 Å². The Balaban J connectivity index is 1.63. The van der Waals surface area contributed by atoms with Gasteiger partial charge in [-0.2, -0.15) is 0 Å². The van der Waals surface area contributed by atoms with E-state index in [0.29, 0.717) is 0 Å². The number of nitrogens with one attached hydrogen (secondary N) is 1. The van der Waals surface area contributed by atoms with Gasteiger partial charge in [0.25, 0.3) is 0 Å². The molecule has 0 saturated heterocycles. The summed E-state index contributed by atoms with van der Waals surface area (Å²) in [4.78, 5) is 0. The third kappa shape index (κ3) is 2.25. The molecule has 1 unspecified atom stereocenters. The van der Waals surface area contributed by atoms with Gasteiger partial charge in [-0.25, -0.2) is 0 Å². The van der Waals surface area contributed by atoms with Crippen LogP contribution in [0.2, 0.25) is 0 Å². The fourth-order valence-corrected chi connectivity index (χ4v) is 2.45. The summed E-state index contributed by atoms with van der Waals surface area (Å²) in [5.41, 5.74) is 0. The molecule has 0 bridgehead atoms. The molecule has 0 amide bonds. The van der Waals surface area contributed by atoms with Gasteiger partial charge >= 0.3 is 0 Å². The Morgan fingerprint density at radius 1 is 1.00 bits per heavy atom. The molecule has 1 atom stereocenters. The van der Waals surface area contributed by atoms with Crippen LogP contribution in [0.25, 0.3) is 0 Å². The summed E-state index contributed by atoms with van der Waals surface area (Å²) in [5.74, 6) is 2.91. The molecule has 0 aromatic rings. The summed E-state index contributed by atoms with van der Waals surface area (Å²) in [6.07, 6.45) is 5.78. The molecule has 0 spiro atoms. The van der Waals surface area contributed by atoms with Crippen molar-refractivity contribution in [3.8, 4) is 0 Å². The minimum Gasteiger partial charge on any atom is -0.311 e.